The van der Waals surface area contributed by atoms with E-state index < -0.39 is 12.1 Å². The number of ether oxygens (including phenoxy) is 1. The Morgan fingerprint density at radius 2 is 0.540 bits per heavy atom. The van der Waals surface area contributed by atoms with E-state index in [0.29, 0.717) is 25.9 Å². The van der Waals surface area contributed by atoms with Crippen LogP contribution in [0.1, 0.15) is 470 Å². The van der Waals surface area contributed by atoms with E-state index in [9.17, 15) is 19.8 Å². The second kappa shape index (κ2) is 77.1. The van der Waals surface area contributed by atoms with E-state index in [-0.39, 0.29) is 18.5 Å². The standard InChI is InChI=1S/C81H159NO5/c1-3-5-7-9-11-13-15-17-19-20-43-47-51-55-59-63-67-71-75-81(86)87-76-72-68-64-60-56-52-48-44-41-39-37-35-33-31-29-27-25-23-21-22-24-26-28-30-32-34-36-38-40-42-46-50-54-58-62-66-70-74-80(85)82-78(77-83)79(84)73-69-65-61-57-53-49-45-18-16-14-12-10-8-6-4-2/h19-20,78-79,83-84H,3-18,21-77H2,1-2H3,(H,82,85)/b20-19-. The minimum Gasteiger partial charge on any atom is -0.466 e. The third-order valence-corrected chi connectivity index (χ3v) is 19.3. The number of carbonyl (C=O) groups is 2. The quantitative estimate of drug-likeness (QED) is 0.0320. The molecule has 0 saturated carbocycles. The summed E-state index contributed by atoms with van der Waals surface area (Å²) < 4.78 is 5.52. The number of aliphatic hydroxyl groups excluding tert-OH is 2. The highest BCUT2D eigenvalue weighted by Gasteiger charge is 2.20. The summed E-state index contributed by atoms with van der Waals surface area (Å²) in [7, 11) is 0. The summed E-state index contributed by atoms with van der Waals surface area (Å²) in [5.74, 6) is -0.00356. The van der Waals surface area contributed by atoms with Gasteiger partial charge in [-0.2, -0.15) is 0 Å². The average molecular weight is 1230 g/mol. The van der Waals surface area contributed by atoms with Crippen molar-refractivity contribution in [2.45, 2.75) is 482 Å². The van der Waals surface area contributed by atoms with E-state index in [4.69, 9.17) is 4.74 Å². The summed E-state index contributed by atoms with van der Waals surface area (Å²) in [5.41, 5.74) is 0. The molecule has 2 atom stereocenters. The van der Waals surface area contributed by atoms with Crippen molar-refractivity contribution in [3.8, 4) is 0 Å². The Hall–Kier alpha value is -1.40. The summed E-state index contributed by atoms with van der Waals surface area (Å²) >= 11 is 0. The van der Waals surface area contributed by atoms with Crippen molar-refractivity contribution >= 4 is 11.9 Å². The molecule has 0 heterocycles. The van der Waals surface area contributed by atoms with Gasteiger partial charge in [-0.25, -0.2) is 0 Å². The average Bonchev–Trinajstić information content (AvgIpc) is 3.56. The topological polar surface area (TPSA) is 95.9 Å². The lowest BCUT2D eigenvalue weighted by Crippen LogP contribution is -2.45. The number of allylic oxidation sites excluding steroid dienone is 2. The van der Waals surface area contributed by atoms with Crippen molar-refractivity contribution in [2.24, 2.45) is 0 Å². The van der Waals surface area contributed by atoms with Crippen LogP contribution in [0.2, 0.25) is 0 Å². The van der Waals surface area contributed by atoms with Gasteiger partial charge in [0.2, 0.25) is 5.91 Å². The molecule has 0 aliphatic rings. The number of aliphatic hydroxyl groups is 2. The highest BCUT2D eigenvalue weighted by atomic mass is 16.5. The maximum atomic E-state index is 12.5. The van der Waals surface area contributed by atoms with Gasteiger partial charge in [-0.1, -0.05) is 418 Å². The van der Waals surface area contributed by atoms with Gasteiger partial charge in [-0.3, -0.25) is 9.59 Å². The van der Waals surface area contributed by atoms with Gasteiger partial charge < -0.3 is 20.3 Å². The fraction of sp³-hybridized carbons (Fsp3) is 0.951. The maximum Gasteiger partial charge on any atom is 0.305 e. The Morgan fingerprint density at radius 3 is 0.816 bits per heavy atom. The lowest BCUT2D eigenvalue weighted by molar-refractivity contribution is -0.143. The molecule has 2 unspecified atom stereocenters. The fourth-order valence-corrected chi connectivity index (χ4v) is 13.2. The van der Waals surface area contributed by atoms with Crippen LogP contribution in [0.15, 0.2) is 12.2 Å². The van der Waals surface area contributed by atoms with Gasteiger partial charge in [0.15, 0.2) is 0 Å². The molecule has 0 aromatic rings. The number of hydrogen-bond acceptors (Lipinski definition) is 5. The van der Waals surface area contributed by atoms with E-state index in [1.165, 1.54) is 398 Å². The van der Waals surface area contributed by atoms with Crippen LogP contribution >= 0.6 is 0 Å². The molecule has 1 amide bonds. The molecule has 6 nitrogen and oxygen atoms in total. The second-order valence-corrected chi connectivity index (χ2v) is 28.1. The van der Waals surface area contributed by atoms with Gasteiger partial charge in [0.05, 0.1) is 25.4 Å². The van der Waals surface area contributed by atoms with Gasteiger partial charge in [-0.15, -0.1) is 0 Å². The first kappa shape index (κ1) is 85.6. The van der Waals surface area contributed by atoms with Gasteiger partial charge in [0, 0.05) is 12.8 Å². The molecule has 0 aliphatic carbocycles. The molecule has 0 rings (SSSR count). The van der Waals surface area contributed by atoms with Crippen molar-refractivity contribution in [3.63, 3.8) is 0 Å². The third kappa shape index (κ3) is 73.5. The summed E-state index contributed by atoms with van der Waals surface area (Å²) in [5, 5.41) is 23.4. The fourth-order valence-electron chi connectivity index (χ4n) is 13.2. The maximum absolute atomic E-state index is 12.5. The van der Waals surface area contributed by atoms with Gasteiger partial charge in [0.1, 0.15) is 0 Å². The summed E-state index contributed by atoms with van der Waals surface area (Å²) in [4.78, 5) is 24.6. The zero-order chi connectivity index (χ0) is 62.8. The lowest BCUT2D eigenvalue weighted by atomic mass is 10.0. The molecule has 0 bridgehead atoms. The number of unbranched alkanes of at least 4 members (excludes halogenated alkanes) is 64. The third-order valence-electron chi connectivity index (χ3n) is 19.3. The summed E-state index contributed by atoms with van der Waals surface area (Å²) in [6.07, 6.45) is 97.5. The van der Waals surface area contributed by atoms with E-state index in [1.54, 1.807) is 0 Å². The highest BCUT2D eigenvalue weighted by molar-refractivity contribution is 5.76. The van der Waals surface area contributed by atoms with Crippen LogP contribution in [-0.2, 0) is 14.3 Å². The van der Waals surface area contributed by atoms with Crippen molar-refractivity contribution < 1.29 is 24.5 Å². The van der Waals surface area contributed by atoms with E-state index >= 15 is 0 Å². The summed E-state index contributed by atoms with van der Waals surface area (Å²) in [6, 6.07) is -0.536. The van der Waals surface area contributed by atoms with Crippen LogP contribution in [0.4, 0.5) is 0 Å². The van der Waals surface area contributed by atoms with Crippen LogP contribution in [0.5, 0.6) is 0 Å². The zero-order valence-electron chi connectivity index (χ0n) is 59.5. The van der Waals surface area contributed by atoms with Gasteiger partial charge >= 0.3 is 5.97 Å². The molecule has 6 heteroatoms. The Bertz CT molecular complexity index is 1320. The molecule has 87 heavy (non-hydrogen) atoms. The largest absolute Gasteiger partial charge is 0.466 e. The van der Waals surface area contributed by atoms with Gasteiger partial charge in [-0.05, 0) is 51.4 Å². The van der Waals surface area contributed by atoms with Gasteiger partial charge in [0.25, 0.3) is 0 Å². The Morgan fingerprint density at radius 1 is 0.310 bits per heavy atom. The van der Waals surface area contributed by atoms with Crippen LogP contribution < -0.4 is 5.32 Å². The van der Waals surface area contributed by atoms with Crippen LogP contribution in [0.3, 0.4) is 0 Å². The zero-order valence-corrected chi connectivity index (χ0v) is 59.5. The number of rotatable bonds is 77. The normalized spacial score (nSPS) is 12.5. The van der Waals surface area contributed by atoms with E-state index in [0.717, 1.165) is 38.5 Å². The molecular formula is C81H159NO5. The van der Waals surface area contributed by atoms with E-state index in [2.05, 4.69) is 31.3 Å². The number of amides is 1. The first-order valence-corrected chi connectivity index (χ1v) is 40.4. The van der Waals surface area contributed by atoms with Crippen LogP contribution in [0, 0.1) is 0 Å². The van der Waals surface area contributed by atoms with Crippen molar-refractivity contribution in [3.05, 3.63) is 12.2 Å². The molecular weight excluding hydrogens is 1070 g/mol. The highest BCUT2D eigenvalue weighted by Crippen LogP contribution is 2.20. The first-order valence-electron chi connectivity index (χ1n) is 40.4. The molecule has 0 radical (unpaired) electrons. The first-order chi connectivity index (χ1) is 43.0. The van der Waals surface area contributed by atoms with Crippen molar-refractivity contribution in [1.29, 1.82) is 0 Å². The monoisotopic (exact) mass is 1230 g/mol. The SMILES string of the molecule is CCCCCCCCC/C=C\CCCCCCCCCC(=O)OCCCCCCCCCCCCCCCCCCCCCCCCCCCCCCCCCCCCCCCC(=O)NC(CO)C(O)CCCCCCCCCCCCCCCCC. The van der Waals surface area contributed by atoms with Crippen LogP contribution in [-0.4, -0.2) is 47.4 Å². The minimum absolute atomic E-state index is 0.0217. The number of hydrogen-bond donors (Lipinski definition) is 3. The van der Waals surface area contributed by atoms with Crippen molar-refractivity contribution in [1.82, 2.24) is 5.32 Å². The Balaban J connectivity index is 3.28. The van der Waals surface area contributed by atoms with Crippen molar-refractivity contribution in [2.75, 3.05) is 13.2 Å². The predicted molar refractivity (Wildman–Crippen MR) is 384 cm³/mol. The van der Waals surface area contributed by atoms with E-state index in [1.807, 2.05) is 0 Å². The minimum atomic E-state index is -0.659. The molecule has 0 aliphatic heterocycles. The molecule has 0 aromatic heterocycles. The Labute approximate surface area is 546 Å². The number of carbonyl (C=O) groups excluding carboxylic acids is 2. The smallest absolute Gasteiger partial charge is 0.305 e. The molecule has 3 N–H and O–H groups in total. The van der Waals surface area contributed by atoms with Crippen LogP contribution in [0.25, 0.3) is 0 Å². The summed E-state index contributed by atoms with van der Waals surface area (Å²) in [6.45, 7) is 5.00. The Kier molecular flexibility index (Phi) is 75.8. The molecule has 0 fully saturated rings. The molecule has 0 spiro atoms. The molecule has 0 aromatic carbocycles. The lowest BCUT2D eigenvalue weighted by Gasteiger charge is -2.22. The number of esters is 1. The second-order valence-electron chi connectivity index (χ2n) is 28.1. The predicted octanol–water partition coefficient (Wildman–Crippen LogP) is 26.7. The molecule has 0 saturated heterocycles. The molecule has 518 valence electrons. The number of nitrogens with one attached hydrogen (secondary N) is 1.